The smallest absolute Gasteiger partial charge is 0.105 e. The molecule has 1 aromatic heterocycles. The van der Waals surface area contributed by atoms with Crippen LogP contribution in [0.3, 0.4) is 0 Å². The third-order valence-corrected chi connectivity index (χ3v) is 2.65. The van der Waals surface area contributed by atoms with Crippen LogP contribution in [0.25, 0.3) is 11.3 Å². The minimum Gasteiger partial charge on any atom is -0.138 e. The van der Waals surface area contributed by atoms with E-state index < -0.39 is 0 Å². The van der Waals surface area contributed by atoms with Crippen LogP contribution in [0.2, 0.25) is 0 Å². The minimum atomic E-state index is 0.970. The van der Waals surface area contributed by atoms with Crippen molar-refractivity contribution in [1.29, 1.82) is 0 Å². The molecular formula is C11H12N2S. The average molecular weight is 204 g/mol. The minimum absolute atomic E-state index is 0.970. The van der Waals surface area contributed by atoms with Crippen LogP contribution in [-0.2, 0) is 6.42 Å². The highest BCUT2D eigenvalue weighted by atomic mass is 32.1. The van der Waals surface area contributed by atoms with Crippen LogP contribution in [0.1, 0.15) is 18.9 Å². The number of rotatable bonds is 3. The van der Waals surface area contributed by atoms with Gasteiger partial charge in [-0.2, -0.15) is 0 Å². The zero-order valence-corrected chi connectivity index (χ0v) is 8.92. The van der Waals surface area contributed by atoms with E-state index in [1.54, 1.807) is 0 Å². The fourth-order valence-electron chi connectivity index (χ4n) is 1.42. The van der Waals surface area contributed by atoms with Crippen LogP contribution >= 0.6 is 11.5 Å². The average Bonchev–Trinajstić information content (AvgIpc) is 2.72. The molecule has 0 amide bonds. The molecule has 0 N–H and O–H groups in total. The number of hydrogen-bond acceptors (Lipinski definition) is 3. The van der Waals surface area contributed by atoms with Gasteiger partial charge in [-0.25, -0.2) is 0 Å². The van der Waals surface area contributed by atoms with Crippen molar-refractivity contribution in [3.05, 3.63) is 35.2 Å². The summed E-state index contributed by atoms with van der Waals surface area (Å²) in [7, 11) is 0. The summed E-state index contributed by atoms with van der Waals surface area (Å²) in [5.41, 5.74) is 3.51. The molecule has 0 atom stereocenters. The van der Waals surface area contributed by atoms with Crippen molar-refractivity contribution in [1.82, 2.24) is 9.59 Å². The zero-order valence-electron chi connectivity index (χ0n) is 8.10. The summed E-state index contributed by atoms with van der Waals surface area (Å²) in [5.74, 6) is 0. The van der Waals surface area contributed by atoms with E-state index in [1.807, 2.05) is 5.38 Å². The Morgan fingerprint density at radius 3 is 2.57 bits per heavy atom. The Balaban J connectivity index is 2.22. The number of aryl methyl sites for hydroxylation is 1. The summed E-state index contributed by atoms with van der Waals surface area (Å²) in [6, 6.07) is 8.56. The van der Waals surface area contributed by atoms with Crippen LogP contribution in [-0.4, -0.2) is 9.59 Å². The molecule has 0 bridgehead atoms. The molecule has 1 aromatic carbocycles. The Bertz CT molecular complexity index is 378. The summed E-state index contributed by atoms with van der Waals surface area (Å²) in [6.07, 6.45) is 2.34. The predicted molar refractivity (Wildman–Crippen MR) is 59.3 cm³/mol. The van der Waals surface area contributed by atoms with Crippen LogP contribution in [0.4, 0.5) is 0 Å². The second-order valence-electron chi connectivity index (χ2n) is 3.24. The lowest BCUT2D eigenvalue weighted by molar-refractivity contribution is 0.922. The summed E-state index contributed by atoms with van der Waals surface area (Å²) < 4.78 is 3.85. The van der Waals surface area contributed by atoms with Gasteiger partial charge < -0.3 is 0 Å². The molecule has 0 unspecified atom stereocenters. The molecule has 2 nitrogen and oxygen atoms in total. The van der Waals surface area contributed by atoms with E-state index in [-0.39, 0.29) is 0 Å². The maximum absolute atomic E-state index is 4.03. The van der Waals surface area contributed by atoms with Crippen molar-refractivity contribution >= 4 is 11.5 Å². The van der Waals surface area contributed by atoms with Crippen molar-refractivity contribution < 1.29 is 0 Å². The first kappa shape index (κ1) is 9.34. The highest BCUT2D eigenvalue weighted by molar-refractivity contribution is 7.03. The Hall–Kier alpha value is -1.22. The number of nitrogens with zero attached hydrogens (tertiary/aromatic N) is 2. The van der Waals surface area contributed by atoms with Gasteiger partial charge in [0.1, 0.15) is 5.69 Å². The van der Waals surface area contributed by atoms with Crippen molar-refractivity contribution in [2.24, 2.45) is 0 Å². The molecule has 1 heterocycles. The van der Waals surface area contributed by atoms with Gasteiger partial charge in [0.2, 0.25) is 0 Å². The van der Waals surface area contributed by atoms with E-state index in [2.05, 4.69) is 40.8 Å². The summed E-state index contributed by atoms with van der Waals surface area (Å²) in [6.45, 7) is 2.19. The Labute approximate surface area is 87.8 Å². The van der Waals surface area contributed by atoms with E-state index in [1.165, 1.54) is 23.5 Å². The van der Waals surface area contributed by atoms with E-state index >= 15 is 0 Å². The number of hydrogen-bond donors (Lipinski definition) is 0. The van der Waals surface area contributed by atoms with Crippen LogP contribution in [0.5, 0.6) is 0 Å². The Morgan fingerprint density at radius 2 is 2.00 bits per heavy atom. The summed E-state index contributed by atoms with van der Waals surface area (Å²) in [5, 5.41) is 6.00. The van der Waals surface area contributed by atoms with Gasteiger partial charge in [0.05, 0.1) is 0 Å². The molecule has 3 heteroatoms. The normalized spacial score (nSPS) is 10.4. The molecule has 14 heavy (non-hydrogen) atoms. The van der Waals surface area contributed by atoms with Crippen molar-refractivity contribution in [2.45, 2.75) is 19.8 Å². The van der Waals surface area contributed by atoms with E-state index in [0.29, 0.717) is 0 Å². The van der Waals surface area contributed by atoms with E-state index in [9.17, 15) is 0 Å². The predicted octanol–water partition coefficient (Wildman–Crippen LogP) is 3.16. The quantitative estimate of drug-likeness (QED) is 0.767. The first-order valence-corrected chi connectivity index (χ1v) is 5.60. The lowest BCUT2D eigenvalue weighted by Crippen LogP contribution is -1.83. The van der Waals surface area contributed by atoms with Gasteiger partial charge in [-0.15, -0.1) is 5.10 Å². The Kier molecular flexibility index (Phi) is 2.89. The molecule has 72 valence electrons. The SMILES string of the molecule is CCCc1ccc(-c2csnn2)cc1. The largest absolute Gasteiger partial charge is 0.138 e. The highest BCUT2D eigenvalue weighted by Gasteiger charge is 1.99. The van der Waals surface area contributed by atoms with Gasteiger partial charge in [0.25, 0.3) is 0 Å². The maximum atomic E-state index is 4.03. The molecule has 0 aliphatic heterocycles. The molecule has 0 aliphatic rings. The van der Waals surface area contributed by atoms with E-state index in [4.69, 9.17) is 0 Å². The first-order valence-electron chi connectivity index (χ1n) is 4.76. The molecule has 0 spiro atoms. The molecule has 0 aliphatic carbocycles. The lowest BCUT2D eigenvalue weighted by Gasteiger charge is -1.99. The monoisotopic (exact) mass is 204 g/mol. The molecule has 2 aromatic rings. The first-order chi connectivity index (χ1) is 6.90. The lowest BCUT2D eigenvalue weighted by atomic mass is 10.1. The van der Waals surface area contributed by atoms with Gasteiger partial charge >= 0.3 is 0 Å². The van der Waals surface area contributed by atoms with Gasteiger partial charge in [-0.1, -0.05) is 42.1 Å². The Morgan fingerprint density at radius 1 is 1.21 bits per heavy atom. The molecule has 0 saturated heterocycles. The molecule has 0 radical (unpaired) electrons. The zero-order chi connectivity index (χ0) is 9.80. The summed E-state index contributed by atoms with van der Waals surface area (Å²) >= 11 is 1.39. The van der Waals surface area contributed by atoms with Crippen LogP contribution < -0.4 is 0 Å². The molecule has 2 rings (SSSR count). The van der Waals surface area contributed by atoms with Crippen molar-refractivity contribution in [3.63, 3.8) is 0 Å². The fraction of sp³-hybridized carbons (Fsp3) is 0.273. The second-order valence-corrected chi connectivity index (χ2v) is 3.85. The van der Waals surface area contributed by atoms with E-state index in [0.717, 1.165) is 17.7 Å². The fourth-order valence-corrected chi connectivity index (χ4v) is 1.89. The second kappa shape index (κ2) is 4.33. The molecular weight excluding hydrogens is 192 g/mol. The van der Waals surface area contributed by atoms with Gasteiger partial charge in [-0.3, -0.25) is 0 Å². The third kappa shape index (κ3) is 1.99. The topological polar surface area (TPSA) is 25.8 Å². The van der Waals surface area contributed by atoms with Crippen molar-refractivity contribution in [2.75, 3.05) is 0 Å². The van der Waals surface area contributed by atoms with Crippen LogP contribution in [0.15, 0.2) is 29.6 Å². The number of aromatic nitrogens is 2. The maximum Gasteiger partial charge on any atom is 0.105 e. The summed E-state index contributed by atoms with van der Waals surface area (Å²) in [4.78, 5) is 0. The van der Waals surface area contributed by atoms with Gasteiger partial charge in [-0.05, 0) is 23.5 Å². The molecule has 0 saturated carbocycles. The number of benzene rings is 1. The van der Waals surface area contributed by atoms with Gasteiger partial charge in [0, 0.05) is 10.9 Å². The van der Waals surface area contributed by atoms with Crippen LogP contribution in [0, 0.1) is 0 Å². The van der Waals surface area contributed by atoms with Gasteiger partial charge in [0.15, 0.2) is 0 Å². The molecule has 0 fully saturated rings. The standard InChI is InChI=1S/C11H12N2S/c1-2-3-9-4-6-10(7-5-9)11-8-14-13-12-11/h4-8H,2-3H2,1H3. The highest BCUT2D eigenvalue weighted by Crippen LogP contribution is 2.18. The van der Waals surface area contributed by atoms with Crippen molar-refractivity contribution in [3.8, 4) is 11.3 Å². The third-order valence-electron chi connectivity index (χ3n) is 2.15.